The number of furan rings is 1. The van der Waals surface area contributed by atoms with Gasteiger partial charge in [0.05, 0.1) is 23.3 Å². The minimum atomic E-state index is -0.711. The molecule has 8 aromatic carbocycles. The molecule has 0 aliphatic rings. The van der Waals surface area contributed by atoms with Gasteiger partial charge < -0.3 is 4.42 Å². The molecular formula is C47H29N3O. The van der Waals surface area contributed by atoms with Gasteiger partial charge in [0.15, 0.2) is 17.5 Å². The Morgan fingerprint density at radius 3 is 1.71 bits per heavy atom. The van der Waals surface area contributed by atoms with Gasteiger partial charge in [0.25, 0.3) is 0 Å². The lowest BCUT2D eigenvalue weighted by Crippen LogP contribution is -2.00. The minimum absolute atomic E-state index is 0.0145. The lowest BCUT2D eigenvalue weighted by Gasteiger charge is -2.11. The second-order valence-electron chi connectivity index (χ2n) is 11.5. The van der Waals surface area contributed by atoms with Crippen LogP contribution in [0.1, 0.15) is 23.3 Å². The van der Waals surface area contributed by atoms with Gasteiger partial charge in [0.1, 0.15) is 11.2 Å². The van der Waals surface area contributed by atoms with Crippen LogP contribution in [0.3, 0.4) is 0 Å². The lowest BCUT2D eigenvalue weighted by atomic mass is 9.96. The maximum atomic E-state index is 9.55. The molecule has 51 heavy (non-hydrogen) atoms. The van der Waals surface area contributed by atoms with Crippen molar-refractivity contribution in [3.63, 3.8) is 0 Å². The summed E-state index contributed by atoms with van der Waals surface area (Å²) >= 11 is 0. The quantitative estimate of drug-likeness (QED) is 0.183. The van der Waals surface area contributed by atoms with Gasteiger partial charge in [-0.05, 0) is 74.0 Å². The molecule has 0 saturated carbocycles. The Morgan fingerprint density at radius 2 is 0.961 bits per heavy atom. The largest absolute Gasteiger partial charge is 0.456 e. The van der Waals surface area contributed by atoms with E-state index in [1.807, 2.05) is 30.3 Å². The summed E-state index contributed by atoms with van der Waals surface area (Å²) in [6.07, 6.45) is 0. The minimum Gasteiger partial charge on any atom is -0.456 e. The van der Waals surface area contributed by atoms with Crippen molar-refractivity contribution in [1.29, 1.82) is 0 Å². The van der Waals surface area contributed by atoms with Crippen LogP contribution in [0.25, 0.3) is 99.9 Å². The van der Waals surface area contributed by atoms with E-state index in [1.54, 1.807) is 24.3 Å². The van der Waals surface area contributed by atoms with E-state index in [1.165, 1.54) is 12.1 Å². The van der Waals surface area contributed by atoms with Gasteiger partial charge in [0.2, 0.25) is 0 Å². The Morgan fingerprint density at radius 1 is 0.392 bits per heavy atom. The Labute approximate surface area is 318 Å². The summed E-state index contributed by atoms with van der Waals surface area (Å²) in [6, 6.07) is 10.6. The molecule has 2 heterocycles. The molecule has 10 aromatic rings. The van der Waals surface area contributed by atoms with E-state index in [-0.39, 0.29) is 73.8 Å². The normalized spacial score (nSPS) is 16.2. The zero-order valence-corrected chi connectivity index (χ0v) is 26.2. The van der Waals surface area contributed by atoms with Crippen LogP contribution in [0.2, 0.25) is 0 Å². The number of fused-ring (bicyclic) bond motifs is 5. The predicted octanol–water partition coefficient (Wildman–Crippen LogP) is 12.4. The van der Waals surface area contributed by atoms with E-state index in [2.05, 4.69) is 15.0 Å². The van der Waals surface area contributed by atoms with Gasteiger partial charge in [-0.3, -0.25) is 0 Å². The Kier molecular flexibility index (Phi) is 3.89. The molecule has 238 valence electrons. The standard InChI is InChI=1S/C47H29N3O/c1-2-9-30(10-3-1)32-17-20-33(21-18-32)45-48-46(38-25-19-31-11-4-5-12-34(31)28-38)50-47(49-45)39-26-23-35-27-37(24-22-36(35)29-39)40-14-8-16-43-44(40)41-13-6-7-15-42(41)51-43/h1-29H/i4D,5D,6D,11D,12D,14D,15D,16D,19D,22D,23D,24D,25D,26D,27D,28D,29D. The molecule has 2 aromatic heterocycles. The van der Waals surface area contributed by atoms with Crippen LogP contribution in [0.5, 0.6) is 0 Å². The van der Waals surface area contributed by atoms with Crippen LogP contribution in [0, 0.1) is 0 Å². The highest BCUT2D eigenvalue weighted by Crippen LogP contribution is 2.38. The van der Waals surface area contributed by atoms with Crippen molar-refractivity contribution >= 4 is 43.5 Å². The first kappa shape index (κ1) is 16.7. The summed E-state index contributed by atoms with van der Waals surface area (Å²) in [6.45, 7) is 0. The first-order chi connectivity index (χ1) is 32.3. The fourth-order valence-electron chi connectivity index (χ4n) is 5.89. The van der Waals surface area contributed by atoms with E-state index in [0.29, 0.717) is 5.56 Å². The van der Waals surface area contributed by atoms with Gasteiger partial charge in [-0.25, -0.2) is 15.0 Å². The van der Waals surface area contributed by atoms with Crippen LogP contribution in [-0.2, 0) is 0 Å². The summed E-state index contributed by atoms with van der Waals surface area (Å²) in [5.41, 5.74) is 0.539. The van der Waals surface area contributed by atoms with Crippen molar-refractivity contribution < 1.29 is 27.7 Å². The summed E-state index contributed by atoms with van der Waals surface area (Å²) in [4.78, 5) is 13.8. The SMILES string of the molecule is [2H]c1cc([2H])c2oc3c([2H])cc([2H])c(-c4c([2H])c([2H])c5c([2H])c(-c6nc(-c7ccc(-c8ccccc8)cc7)nc(-c7c([2H])c([2H])c8c([2H])c([2H])c([2H])c([2H])c8c7[2H])n6)c([2H])c([2H])c5c4[2H])c3c2c1. The zero-order valence-electron chi connectivity index (χ0n) is 43.2. The molecule has 4 nitrogen and oxygen atoms in total. The fraction of sp³-hybridized carbons (Fsp3) is 0. The van der Waals surface area contributed by atoms with Crippen molar-refractivity contribution in [2.24, 2.45) is 0 Å². The summed E-state index contributed by atoms with van der Waals surface area (Å²) in [7, 11) is 0. The summed E-state index contributed by atoms with van der Waals surface area (Å²) < 4.78 is 157. The molecule has 0 aliphatic heterocycles. The van der Waals surface area contributed by atoms with E-state index in [9.17, 15) is 9.60 Å². The molecule has 0 amide bonds. The molecule has 0 aliphatic carbocycles. The Hall–Kier alpha value is -6.91. The van der Waals surface area contributed by atoms with Crippen molar-refractivity contribution in [2.75, 3.05) is 0 Å². The molecule has 0 fully saturated rings. The molecule has 4 heteroatoms. The van der Waals surface area contributed by atoms with Gasteiger partial charge in [-0.2, -0.15) is 0 Å². The Bertz CT molecular complexity index is 3880. The number of nitrogens with zero attached hydrogens (tertiary/aromatic N) is 3. The van der Waals surface area contributed by atoms with Gasteiger partial charge in [0, 0.05) is 27.5 Å². The van der Waals surface area contributed by atoms with Gasteiger partial charge >= 0.3 is 0 Å². The average Bonchev–Trinajstić information content (AvgIpc) is 3.70. The molecule has 0 saturated heterocycles. The topological polar surface area (TPSA) is 51.8 Å². The molecule has 0 spiro atoms. The van der Waals surface area contributed by atoms with E-state index >= 15 is 0 Å². The van der Waals surface area contributed by atoms with Crippen LogP contribution >= 0.6 is 0 Å². The highest BCUT2D eigenvalue weighted by Gasteiger charge is 2.15. The number of rotatable bonds is 5. The number of hydrogen-bond donors (Lipinski definition) is 0. The van der Waals surface area contributed by atoms with Crippen LogP contribution in [0.4, 0.5) is 0 Å². The van der Waals surface area contributed by atoms with Crippen molar-refractivity contribution in [1.82, 2.24) is 15.0 Å². The molecular weight excluding hydrogens is 623 g/mol. The zero-order chi connectivity index (χ0) is 48.5. The third-order valence-corrected chi connectivity index (χ3v) is 8.34. The number of para-hydroxylation sites is 1. The Balaban J connectivity index is 1.26. The van der Waals surface area contributed by atoms with Crippen LogP contribution < -0.4 is 0 Å². The molecule has 0 radical (unpaired) electrons. The smallest absolute Gasteiger partial charge is 0.164 e. The number of hydrogen-bond acceptors (Lipinski definition) is 4. The van der Waals surface area contributed by atoms with E-state index in [4.69, 9.17) is 18.1 Å². The first-order valence-corrected chi connectivity index (χ1v) is 15.7. The highest BCUT2D eigenvalue weighted by atomic mass is 16.3. The molecule has 0 bridgehead atoms. The highest BCUT2D eigenvalue weighted by molar-refractivity contribution is 6.13. The fourth-order valence-corrected chi connectivity index (χ4v) is 5.89. The van der Waals surface area contributed by atoms with Gasteiger partial charge in [-0.15, -0.1) is 0 Å². The second-order valence-corrected chi connectivity index (χ2v) is 11.5. The van der Waals surface area contributed by atoms with E-state index in [0.717, 1.165) is 17.2 Å². The summed E-state index contributed by atoms with van der Waals surface area (Å²) in [5.74, 6) is -1.04. The predicted molar refractivity (Wildman–Crippen MR) is 209 cm³/mol. The van der Waals surface area contributed by atoms with Crippen molar-refractivity contribution in [3.05, 3.63) is 176 Å². The van der Waals surface area contributed by atoms with Crippen LogP contribution in [0.15, 0.2) is 180 Å². The molecule has 0 N–H and O–H groups in total. The summed E-state index contributed by atoms with van der Waals surface area (Å²) in [5, 5.41) is -1.39. The molecule has 10 rings (SSSR count). The first-order valence-electron chi connectivity index (χ1n) is 24.2. The maximum absolute atomic E-state index is 9.55. The third kappa shape index (κ3) is 5.22. The second kappa shape index (κ2) is 11.9. The number of aromatic nitrogens is 3. The maximum Gasteiger partial charge on any atom is 0.164 e. The molecule has 0 atom stereocenters. The van der Waals surface area contributed by atoms with Gasteiger partial charge in [-0.1, -0.05) is 145 Å². The van der Waals surface area contributed by atoms with E-state index < -0.39 is 112 Å². The van der Waals surface area contributed by atoms with Crippen LogP contribution in [-0.4, -0.2) is 15.0 Å². The van der Waals surface area contributed by atoms with Crippen molar-refractivity contribution in [2.45, 2.75) is 0 Å². The average molecular weight is 669 g/mol. The van der Waals surface area contributed by atoms with Crippen molar-refractivity contribution in [3.8, 4) is 56.4 Å². The molecule has 0 unspecified atom stereocenters. The lowest BCUT2D eigenvalue weighted by molar-refractivity contribution is 0.669. The monoisotopic (exact) mass is 668 g/mol. The number of benzene rings is 8. The third-order valence-electron chi connectivity index (χ3n) is 8.34.